The van der Waals surface area contributed by atoms with Crippen LogP contribution in [0.4, 0.5) is 0 Å². The van der Waals surface area contributed by atoms with Crippen LogP contribution in [0.15, 0.2) is 47.5 Å². The highest BCUT2D eigenvalue weighted by Gasteiger charge is 2.29. The molecular weight excluding hydrogens is 521 g/mol. The summed E-state index contributed by atoms with van der Waals surface area (Å²) < 4.78 is 5.74. The average Bonchev–Trinajstić information content (AvgIpc) is 3.37. The van der Waals surface area contributed by atoms with Gasteiger partial charge in [0.05, 0.1) is 39.6 Å². The Morgan fingerprint density at radius 2 is 2.12 bits per heavy atom. The Balaban J connectivity index is 1.63. The predicted octanol–water partition coefficient (Wildman–Crippen LogP) is 2.98. The molecule has 4 aromatic rings. The van der Waals surface area contributed by atoms with Gasteiger partial charge in [0.15, 0.2) is 5.65 Å². The van der Waals surface area contributed by atoms with E-state index in [9.17, 15) is 9.59 Å². The minimum Gasteiger partial charge on any atom is -0.340 e. The molecule has 0 aromatic carbocycles. The van der Waals surface area contributed by atoms with Crippen molar-refractivity contribution in [3.63, 3.8) is 0 Å². The maximum Gasteiger partial charge on any atom is 0.331 e. The van der Waals surface area contributed by atoms with E-state index < -0.39 is 0 Å². The molecule has 5 rings (SSSR count). The highest BCUT2D eigenvalue weighted by Crippen LogP contribution is 2.28. The number of amides is 1. The quantitative estimate of drug-likeness (QED) is 0.292. The zero-order chi connectivity index (χ0) is 22.2. The fourth-order valence-corrected chi connectivity index (χ4v) is 5.11. The van der Waals surface area contributed by atoms with E-state index in [1.54, 1.807) is 24.7 Å². The van der Waals surface area contributed by atoms with Crippen LogP contribution in [0.1, 0.15) is 25.3 Å². The number of piperidine rings is 1. The fraction of sp³-hybridized carbons (Fsp3) is 0.318. The number of nitriles is 1. The molecule has 1 aliphatic rings. The van der Waals surface area contributed by atoms with Crippen molar-refractivity contribution in [1.29, 1.82) is 5.26 Å². The standard InChI is InChI=1S/C22H20IN7O2/c23-14-28-19-7-6-17(16-12-25-29-11-2-1-5-18(16)29)26-21(19)30(22(28)32)15-4-3-10-27(13-15)20(31)8-9-24/h1-2,5-7,11-12,15H,3-4,8,10,13-14H2. The van der Waals surface area contributed by atoms with Gasteiger partial charge in [-0.05, 0) is 37.1 Å². The summed E-state index contributed by atoms with van der Waals surface area (Å²) in [6.07, 6.45) is 5.07. The van der Waals surface area contributed by atoms with Crippen molar-refractivity contribution >= 4 is 45.2 Å². The molecule has 0 aliphatic carbocycles. The van der Waals surface area contributed by atoms with Gasteiger partial charge in [-0.2, -0.15) is 10.4 Å². The van der Waals surface area contributed by atoms with Crippen molar-refractivity contribution in [2.75, 3.05) is 13.1 Å². The van der Waals surface area contributed by atoms with E-state index in [-0.39, 0.29) is 24.1 Å². The first-order valence-corrected chi connectivity index (χ1v) is 11.9. The van der Waals surface area contributed by atoms with Gasteiger partial charge in [0, 0.05) is 24.8 Å². The van der Waals surface area contributed by atoms with Crippen LogP contribution in [0, 0.1) is 11.3 Å². The molecule has 10 heteroatoms. The lowest BCUT2D eigenvalue weighted by Gasteiger charge is -2.32. The zero-order valence-corrected chi connectivity index (χ0v) is 19.3. The first-order valence-electron chi connectivity index (χ1n) is 10.4. The van der Waals surface area contributed by atoms with Crippen LogP contribution >= 0.6 is 22.6 Å². The predicted molar refractivity (Wildman–Crippen MR) is 127 cm³/mol. The second-order valence-corrected chi connectivity index (χ2v) is 8.48. The number of imidazole rings is 1. The molecule has 32 heavy (non-hydrogen) atoms. The summed E-state index contributed by atoms with van der Waals surface area (Å²) in [6.45, 7) is 1.02. The summed E-state index contributed by atoms with van der Waals surface area (Å²) in [6, 6.07) is 11.5. The van der Waals surface area contributed by atoms with Gasteiger partial charge in [-0.3, -0.25) is 13.9 Å². The van der Waals surface area contributed by atoms with Gasteiger partial charge in [0.1, 0.15) is 6.42 Å². The van der Waals surface area contributed by atoms with Crippen molar-refractivity contribution in [2.24, 2.45) is 0 Å². The van der Waals surface area contributed by atoms with Gasteiger partial charge >= 0.3 is 5.69 Å². The third-order valence-electron chi connectivity index (χ3n) is 5.98. The molecule has 1 saturated heterocycles. The number of halogens is 1. The number of pyridine rings is 2. The number of nitrogens with zero attached hydrogens (tertiary/aromatic N) is 7. The first kappa shape index (κ1) is 20.7. The molecule has 0 N–H and O–H groups in total. The topological polar surface area (TPSA) is 101 Å². The smallest absolute Gasteiger partial charge is 0.331 e. The zero-order valence-electron chi connectivity index (χ0n) is 17.2. The number of hydrogen-bond acceptors (Lipinski definition) is 5. The highest BCUT2D eigenvalue weighted by atomic mass is 127. The van der Waals surface area contributed by atoms with E-state index in [4.69, 9.17) is 10.2 Å². The summed E-state index contributed by atoms with van der Waals surface area (Å²) in [5.74, 6) is -0.192. The van der Waals surface area contributed by atoms with Crippen LogP contribution < -0.4 is 5.69 Å². The van der Waals surface area contributed by atoms with Crippen molar-refractivity contribution < 1.29 is 4.79 Å². The van der Waals surface area contributed by atoms with Gasteiger partial charge in [0.2, 0.25) is 5.91 Å². The van der Waals surface area contributed by atoms with E-state index >= 15 is 0 Å². The first-order chi connectivity index (χ1) is 15.6. The van der Waals surface area contributed by atoms with E-state index in [1.165, 1.54) is 0 Å². The Morgan fingerprint density at radius 1 is 1.25 bits per heavy atom. The van der Waals surface area contributed by atoms with Gasteiger partial charge in [0.25, 0.3) is 0 Å². The Kier molecular flexibility index (Phi) is 5.42. The molecule has 162 valence electrons. The third kappa shape index (κ3) is 3.37. The Hall–Kier alpha value is -3.20. The number of fused-ring (bicyclic) bond motifs is 2. The summed E-state index contributed by atoms with van der Waals surface area (Å²) in [5, 5.41) is 13.3. The van der Waals surface area contributed by atoms with Crippen molar-refractivity contribution in [3.8, 4) is 17.3 Å². The summed E-state index contributed by atoms with van der Waals surface area (Å²) in [5.41, 5.74) is 3.82. The van der Waals surface area contributed by atoms with Crippen LogP contribution in [-0.2, 0) is 9.35 Å². The molecule has 1 amide bonds. The van der Waals surface area contributed by atoms with Gasteiger partial charge < -0.3 is 4.90 Å². The number of likely N-dealkylation sites (tertiary alicyclic amines) is 1. The van der Waals surface area contributed by atoms with Crippen LogP contribution in [0.5, 0.6) is 0 Å². The molecule has 0 spiro atoms. The van der Waals surface area contributed by atoms with Gasteiger partial charge in [-0.25, -0.2) is 14.3 Å². The average molecular weight is 541 g/mol. The molecule has 1 fully saturated rings. The number of aromatic nitrogens is 5. The number of alkyl halides is 1. The fourth-order valence-electron chi connectivity index (χ4n) is 4.45. The summed E-state index contributed by atoms with van der Waals surface area (Å²) >= 11 is 2.18. The second kappa shape index (κ2) is 8.38. The Morgan fingerprint density at radius 3 is 2.94 bits per heavy atom. The van der Waals surface area contributed by atoms with Crippen LogP contribution in [0.25, 0.3) is 27.9 Å². The van der Waals surface area contributed by atoms with E-state index in [0.29, 0.717) is 23.3 Å². The van der Waals surface area contributed by atoms with E-state index in [1.807, 2.05) is 42.6 Å². The number of rotatable bonds is 4. The lowest BCUT2D eigenvalue weighted by atomic mass is 10.1. The van der Waals surface area contributed by atoms with Crippen LogP contribution in [0.3, 0.4) is 0 Å². The molecular formula is C22H20IN7O2. The largest absolute Gasteiger partial charge is 0.340 e. The molecule has 0 bridgehead atoms. The SMILES string of the molecule is N#CCC(=O)N1CCCC(n2c(=O)n(CI)c3ccc(-c4cnn5ccccc45)nc32)C1. The van der Waals surface area contributed by atoms with Crippen molar-refractivity contribution in [2.45, 2.75) is 29.9 Å². The van der Waals surface area contributed by atoms with E-state index in [0.717, 1.165) is 35.1 Å². The molecule has 5 heterocycles. The molecule has 0 saturated carbocycles. The Labute approximate surface area is 197 Å². The van der Waals surface area contributed by atoms with Crippen molar-refractivity contribution in [3.05, 3.63) is 53.2 Å². The number of hydrogen-bond donors (Lipinski definition) is 0. The minimum absolute atomic E-state index is 0.126. The molecule has 1 atom stereocenters. The molecule has 4 aromatic heterocycles. The summed E-state index contributed by atoms with van der Waals surface area (Å²) in [4.78, 5) is 32.2. The molecule has 9 nitrogen and oxygen atoms in total. The third-order valence-corrected chi connectivity index (χ3v) is 6.66. The number of carbonyl (C=O) groups excluding carboxylic acids is 1. The van der Waals surface area contributed by atoms with Gasteiger partial charge in [-0.1, -0.05) is 28.7 Å². The monoisotopic (exact) mass is 541 g/mol. The van der Waals surface area contributed by atoms with Crippen molar-refractivity contribution in [1.82, 2.24) is 28.6 Å². The maximum atomic E-state index is 13.3. The second-order valence-electron chi connectivity index (χ2n) is 7.80. The minimum atomic E-state index is -0.192. The van der Waals surface area contributed by atoms with Crippen LogP contribution in [-0.4, -0.2) is 47.6 Å². The molecule has 1 unspecified atom stereocenters. The van der Waals surface area contributed by atoms with Gasteiger partial charge in [-0.15, -0.1) is 0 Å². The maximum absolute atomic E-state index is 13.3. The lowest BCUT2D eigenvalue weighted by molar-refractivity contribution is -0.131. The summed E-state index contributed by atoms with van der Waals surface area (Å²) in [7, 11) is 0. The lowest BCUT2D eigenvalue weighted by Crippen LogP contribution is -2.42. The normalized spacial score (nSPS) is 16.5. The molecule has 0 radical (unpaired) electrons. The van der Waals surface area contributed by atoms with E-state index in [2.05, 4.69) is 27.7 Å². The van der Waals surface area contributed by atoms with Crippen LogP contribution in [0.2, 0.25) is 0 Å². The number of carbonyl (C=O) groups is 1. The Bertz CT molecular complexity index is 1430. The highest BCUT2D eigenvalue weighted by molar-refractivity contribution is 14.1. The molecule has 1 aliphatic heterocycles.